The van der Waals surface area contributed by atoms with Crippen LogP contribution in [0.1, 0.15) is 34.7 Å². The number of aromatic nitrogens is 2. The molecule has 1 saturated heterocycles. The molecule has 1 aliphatic rings. The van der Waals surface area contributed by atoms with Crippen molar-refractivity contribution in [3.63, 3.8) is 0 Å². The topological polar surface area (TPSA) is 72.9 Å². The van der Waals surface area contributed by atoms with Crippen molar-refractivity contribution in [2.45, 2.75) is 18.8 Å². The largest absolute Gasteiger partial charge is 0.365 e. The SMILES string of the molecule is NC(=O)c1c(F)ccc2cn(-c3ccc([C@@H]4CCCNC4)cc3)nc12. The van der Waals surface area contributed by atoms with E-state index >= 15 is 0 Å². The maximum atomic E-state index is 13.9. The summed E-state index contributed by atoms with van der Waals surface area (Å²) in [4.78, 5) is 11.5. The number of benzene rings is 2. The average molecular weight is 338 g/mol. The Balaban J connectivity index is 1.70. The Morgan fingerprint density at radius 3 is 2.72 bits per heavy atom. The van der Waals surface area contributed by atoms with Gasteiger partial charge in [-0.1, -0.05) is 12.1 Å². The summed E-state index contributed by atoms with van der Waals surface area (Å²) >= 11 is 0. The number of amides is 1. The monoisotopic (exact) mass is 338 g/mol. The van der Waals surface area contributed by atoms with Crippen LogP contribution in [0.2, 0.25) is 0 Å². The second-order valence-electron chi connectivity index (χ2n) is 6.43. The number of halogens is 1. The van der Waals surface area contributed by atoms with Crippen LogP contribution in [0.3, 0.4) is 0 Å². The van der Waals surface area contributed by atoms with Crippen LogP contribution in [0.5, 0.6) is 0 Å². The number of fused-ring (bicyclic) bond motifs is 1. The first-order chi connectivity index (χ1) is 12.1. The van der Waals surface area contributed by atoms with Gasteiger partial charge < -0.3 is 11.1 Å². The molecular weight excluding hydrogens is 319 g/mol. The van der Waals surface area contributed by atoms with Gasteiger partial charge in [-0.2, -0.15) is 5.10 Å². The molecule has 0 spiro atoms. The Morgan fingerprint density at radius 1 is 1.24 bits per heavy atom. The minimum Gasteiger partial charge on any atom is -0.365 e. The van der Waals surface area contributed by atoms with E-state index in [2.05, 4.69) is 22.5 Å². The van der Waals surface area contributed by atoms with Gasteiger partial charge in [-0.15, -0.1) is 0 Å². The molecule has 0 saturated carbocycles. The zero-order valence-electron chi connectivity index (χ0n) is 13.7. The maximum Gasteiger partial charge on any atom is 0.253 e. The van der Waals surface area contributed by atoms with E-state index in [0.717, 1.165) is 18.8 Å². The number of hydrogen-bond acceptors (Lipinski definition) is 3. The Labute approximate surface area is 144 Å². The third-order valence-electron chi connectivity index (χ3n) is 4.80. The molecule has 6 heteroatoms. The van der Waals surface area contributed by atoms with Crippen LogP contribution in [-0.4, -0.2) is 28.8 Å². The van der Waals surface area contributed by atoms with Crippen molar-refractivity contribution < 1.29 is 9.18 Å². The molecule has 25 heavy (non-hydrogen) atoms. The lowest BCUT2D eigenvalue weighted by Gasteiger charge is -2.23. The molecule has 0 aliphatic carbocycles. The quantitative estimate of drug-likeness (QED) is 0.771. The zero-order chi connectivity index (χ0) is 17.4. The number of nitrogens with two attached hydrogens (primary N) is 1. The molecule has 2 heterocycles. The molecule has 128 valence electrons. The van der Waals surface area contributed by atoms with Gasteiger partial charge in [0.1, 0.15) is 16.9 Å². The van der Waals surface area contributed by atoms with Gasteiger partial charge >= 0.3 is 0 Å². The number of nitrogens with zero attached hydrogens (tertiary/aromatic N) is 2. The van der Waals surface area contributed by atoms with Crippen molar-refractivity contribution >= 4 is 16.8 Å². The van der Waals surface area contributed by atoms with E-state index in [9.17, 15) is 9.18 Å². The standard InChI is InChI=1S/C19H19FN4O/c20-16-8-5-14-11-24(23-18(14)17(16)19(21)25)15-6-3-12(4-7-15)13-2-1-9-22-10-13/h3-8,11,13,22H,1-2,9-10H2,(H2,21,25)/t13-/m1/s1. The zero-order valence-corrected chi connectivity index (χ0v) is 13.7. The Kier molecular flexibility index (Phi) is 3.97. The first-order valence-electron chi connectivity index (χ1n) is 8.42. The lowest BCUT2D eigenvalue weighted by atomic mass is 9.92. The van der Waals surface area contributed by atoms with Crippen LogP contribution in [0, 0.1) is 5.82 Å². The Hall–Kier alpha value is -2.73. The summed E-state index contributed by atoms with van der Waals surface area (Å²) in [7, 11) is 0. The number of carbonyl (C=O) groups is 1. The van der Waals surface area contributed by atoms with E-state index in [0.29, 0.717) is 11.3 Å². The third kappa shape index (κ3) is 2.89. The maximum absolute atomic E-state index is 13.9. The summed E-state index contributed by atoms with van der Waals surface area (Å²) < 4.78 is 15.5. The van der Waals surface area contributed by atoms with Crippen molar-refractivity contribution in [3.05, 3.63) is 59.5 Å². The van der Waals surface area contributed by atoms with Gasteiger partial charge in [0.25, 0.3) is 5.91 Å². The second kappa shape index (κ2) is 6.29. The number of nitrogens with one attached hydrogen (secondary N) is 1. The third-order valence-corrected chi connectivity index (χ3v) is 4.80. The molecule has 1 fully saturated rings. The predicted octanol–water partition coefficient (Wildman–Crippen LogP) is 2.73. The molecule has 4 rings (SSSR count). The highest BCUT2D eigenvalue weighted by Crippen LogP contribution is 2.25. The highest BCUT2D eigenvalue weighted by Gasteiger charge is 2.17. The van der Waals surface area contributed by atoms with Gasteiger partial charge in [0.15, 0.2) is 0 Å². The molecule has 5 nitrogen and oxygen atoms in total. The molecular formula is C19H19FN4O. The van der Waals surface area contributed by atoms with E-state index in [-0.39, 0.29) is 11.1 Å². The van der Waals surface area contributed by atoms with Gasteiger partial charge in [0.05, 0.1) is 5.69 Å². The molecule has 1 amide bonds. The van der Waals surface area contributed by atoms with Crippen molar-refractivity contribution in [1.82, 2.24) is 15.1 Å². The minimum atomic E-state index is -0.812. The molecule has 0 unspecified atom stereocenters. The summed E-state index contributed by atoms with van der Waals surface area (Å²) in [6.45, 7) is 2.10. The fourth-order valence-corrected chi connectivity index (χ4v) is 3.47. The number of carbonyl (C=O) groups excluding carboxylic acids is 1. The van der Waals surface area contributed by atoms with Crippen LogP contribution < -0.4 is 11.1 Å². The molecule has 0 radical (unpaired) electrons. The molecule has 1 atom stereocenters. The van der Waals surface area contributed by atoms with Gasteiger partial charge in [-0.25, -0.2) is 9.07 Å². The van der Waals surface area contributed by atoms with Gasteiger partial charge in [0.2, 0.25) is 0 Å². The summed E-state index contributed by atoms with van der Waals surface area (Å²) in [5, 5.41) is 8.47. The highest BCUT2D eigenvalue weighted by molar-refractivity contribution is 6.04. The first-order valence-corrected chi connectivity index (χ1v) is 8.42. The van der Waals surface area contributed by atoms with Gasteiger partial charge in [-0.3, -0.25) is 4.79 Å². The van der Waals surface area contributed by atoms with E-state index in [4.69, 9.17) is 5.73 Å². The Bertz CT molecular complexity index is 926. The summed E-state index contributed by atoms with van der Waals surface area (Å²) in [6.07, 6.45) is 4.16. The van der Waals surface area contributed by atoms with E-state index in [1.165, 1.54) is 24.5 Å². The summed E-state index contributed by atoms with van der Waals surface area (Å²) in [5.41, 5.74) is 7.58. The van der Waals surface area contributed by atoms with Crippen LogP contribution in [0.25, 0.3) is 16.6 Å². The fraction of sp³-hybridized carbons (Fsp3) is 0.263. The molecule has 1 aliphatic heterocycles. The first kappa shape index (κ1) is 15.8. The van der Waals surface area contributed by atoms with Crippen molar-refractivity contribution in [2.24, 2.45) is 5.73 Å². The average Bonchev–Trinajstić information content (AvgIpc) is 3.06. The number of primary amides is 1. The van der Waals surface area contributed by atoms with E-state index in [1.54, 1.807) is 16.9 Å². The van der Waals surface area contributed by atoms with E-state index < -0.39 is 11.7 Å². The molecule has 1 aromatic heterocycles. The number of hydrogen-bond donors (Lipinski definition) is 2. The fourth-order valence-electron chi connectivity index (χ4n) is 3.47. The molecule has 0 bridgehead atoms. The number of rotatable bonds is 3. The van der Waals surface area contributed by atoms with Gasteiger partial charge in [-0.05, 0) is 55.1 Å². The van der Waals surface area contributed by atoms with Gasteiger partial charge in [0, 0.05) is 18.1 Å². The second-order valence-corrected chi connectivity index (χ2v) is 6.43. The van der Waals surface area contributed by atoms with Crippen LogP contribution in [0.15, 0.2) is 42.6 Å². The normalized spacial score (nSPS) is 17.7. The highest BCUT2D eigenvalue weighted by atomic mass is 19.1. The van der Waals surface area contributed by atoms with Crippen LogP contribution >= 0.6 is 0 Å². The minimum absolute atomic E-state index is 0.166. The summed E-state index contributed by atoms with van der Waals surface area (Å²) in [5.74, 6) is -0.922. The molecule has 3 aromatic rings. The molecule has 2 aromatic carbocycles. The lowest BCUT2D eigenvalue weighted by Crippen LogP contribution is -2.28. The van der Waals surface area contributed by atoms with Crippen LogP contribution in [-0.2, 0) is 0 Å². The van der Waals surface area contributed by atoms with Crippen molar-refractivity contribution in [2.75, 3.05) is 13.1 Å². The van der Waals surface area contributed by atoms with Crippen molar-refractivity contribution in [1.29, 1.82) is 0 Å². The Morgan fingerprint density at radius 2 is 2.04 bits per heavy atom. The smallest absolute Gasteiger partial charge is 0.253 e. The molecule has 3 N–H and O–H groups in total. The van der Waals surface area contributed by atoms with Crippen molar-refractivity contribution in [3.8, 4) is 5.69 Å². The van der Waals surface area contributed by atoms with E-state index in [1.807, 2.05) is 12.1 Å². The number of piperidine rings is 1. The van der Waals surface area contributed by atoms with Crippen LogP contribution in [0.4, 0.5) is 4.39 Å². The summed E-state index contributed by atoms with van der Waals surface area (Å²) in [6, 6.07) is 11.0. The lowest BCUT2D eigenvalue weighted by molar-refractivity contribution is 0.0998. The predicted molar refractivity (Wildman–Crippen MR) is 94.4 cm³/mol.